The molecule has 24 heavy (non-hydrogen) atoms. The summed E-state index contributed by atoms with van der Waals surface area (Å²) < 4.78 is 0. The number of carboxylic acid groups (broad SMARTS) is 1. The Kier molecular flexibility index (Phi) is 8.18. The molecule has 1 aliphatic rings. The maximum Gasteiger partial charge on any atom is 0.317 e. The van der Waals surface area contributed by atoms with Crippen molar-refractivity contribution in [2.24, 2.45) is 0 Å². The van der Waals surface area contributed by atoms with Crippen LogP contribution >= 0.6 is 12.4 Å². The number of likely N-dealkylation sites (tertiary alicyclic amines) is 1. The number of anilines is 1. The Morgan fingerprint density at radius 2 is 2.00 bits per heavy atom. The van der Waals surface area contributed by atoms with E-state index in [9.17, 15) is 9.59 Å². The second-order valence-corrected chi connectivity index (χ2v) is 6.23. The second-order valence-electron chi connectivity index (χ2n) is 6.23. The third-order valence-electron chi connectivity index (χ3n) is 4.23. The number of nitrogens with one attached hydrogen (secondary N) is 1. The van der Waals surface area contributed by atoms with E-state index in [1.54, 1.807) is 0 Å². The quantitative estimate of drug-likeness (QED) is 0.814. The van der Waals surface area contributed by atoms with Crippen molar-refractivity contribution < 1.29 is 14.7 Å². The number of hydrogen-bond acceptors (Lipinski definition) is 4. The minimum absolute atomic E-state index is 0. The summed E-state index contributed by atoms with van der Waals surface area (Å²) in [5, 5.41) is 11.8. The molecule has 1 saturated heterocycles. The summed E-state index contributed by atoms with van der Waals surface area (Å²) in [6, 6.07) is 8.04. The SMILES string of the molecule is Cc1cccc(NC(=O)CN2CCC(N(C)CC(=O)O)CC2)c1.Cl. The molecule has 1 fully saturated rings. The largest absolute Gasteiger partial charge is 0.480 e. The molecule has 1 amide bonds. The van der Waals surface area contributed by atoms with Gasteiger partial charge >= 0.3 is 5.97 Å². The number of halogens is 1. The lowest BCUT2D eigenvalue weighted by atomic mass is 10.0. The highest BCUT2D eigenvalue weighted by Crippen LogP contribution is 2.15. The van der Waals surface area contributed by atoms with E-state index in [0.29, 0.717) is 6.54 Å². The molecular formula is C17H26ClN3O3. The Bertz CT molecular complexity index is 560. The van der Waals surface area contributed by atoms with Crippen LogP contribution in [-0.2, 0) is 9.59 Å². The van der Waals surface area contributed by atoms with Gasteiger partial charge in [-0.1, -0.05) is 12.1 Å². The summed E-state index contributed by atoms with van der Waals surface area (Å²) in [6.07, 6.45) is 1.78. The van der Waals surface area contributed by atoms with E-state index in [-0.39, 0.29) is 30.9 Å². The van der Waals surface area contributed by atoms with E-state index in [2.05, 4.69) is 10.2 Å². The Balaban J connectivity index is 0.00000288. The van der Waals surface area contributed by atoms with Crippen LogP contribution in [0.3, 0.4) is 0 Å². The molecule has 0 atom stereocenters. The van der Waals surface area contributed by atoms with Crippen LogP contribution in [-0.4, -0.2) is 66.1 Å². The van der Waals surface area contributed by atoms with E-state index in [4.69, 9.17) is 5.11 Å². The van der Waals surface area contributed by atoms with Crippen molar-refractivity contribution in [1.29, 1.82) is 0 Å². The zero-order valence-electron chi connectivity index (χ0n) is 14.2. The van der Waals surface area contributed by atoms with Crippen molar-refractivity contribution in [1.82, 2.24) is 9.80 Å². The molecule has 134 valence electrons. The van der Waals surface area contributed by atoms with E-state index in [1.165, 1.54) is 0 Å². The lowest BCUT2D eigenvalue weighted by Crippen LogP contribution is -2.46. The molecule has 2 N–H and O–H groups in total. The van der Waals surface area contributed by atoms with E-state index in [1.807, 2.05) is 43.1 Å². The van der Waals surface area contributed by atoms with Gasteiger partial charge in [0.1, 0.15) is 0 Å². The highest BCUT2D eigenvalue weighted by atomic mass is 35.5. The number of aliphatic carboxylic acids is 1. The average molecular weight is 356 g/mol. The van der Waals surface area contributed by atoms with E-state index >= 15 is 0 Å². The lowest BCUT2D eigenvalue weighted by molar-refractivity contribution is -0.138. The number of hydrogen-bond donors (Lipinski definition) is 2. The van der Waals surface area contributed by atoms with Gasteiger partial charge in [-0.25, -0.2) is 0 Å². The van der Waals surface area contributed by atoms with Gasteiger partial charge in [0.25, 0.3) is 0 Å². The van der Waals surface area contributed by atoms with Gasteiger partial charge in [0.05, 0.1) is 13.1 Å². The molecule has 1 aromatic carbocycles. The summed E-state index contributed by atoms with van der Waals surface area (Å²) in [5.41, 5.74) is 1.94. The lowest BCUT2D eigenvalue weighted by Gasteiger charge is -2.35. The van der Waals surface area contributed by atoms with Crippen LogP contribution in [0.25, 0.3) is 0 Å². The van der Waals surface area contributed by atoms with E-state index < -0.39 is 5.97 Å². The Morgan fingerprint density at radius 1 is 1.33 bits per heavy atom. The smallest absolute Gasteiger partial charge is 0.317 e. The third-order valence-corrected chi connectivity index (χ3v) is 4.23. The number of carbonyl (C=O) groups excluding carboxylic acids is 1. The Hall–Kier alpha value is -1.63. The molecule has 0 bridgehead atoms. The van der Waals surface area contributed by atoms with Crippen molar-refractivity contribution in [3.63, 3.8) is 0 Å². The highest BCUT2D eigenvalue weighted by Gasteiger charge is 2.24. The predicted octanol–water partition coefficient (Wildman–Crippen LogP) is 1.84. The molecule has 0 radical (unpaired) electrons. The normalized spacial score (nSPS) is 15.8. The van der Waals surface area contributed by atoms with Crippen LogP contribution in [0.5, 0.6) is 0 Å². The number of nitrogens with zero attached hydrogens (tertiary/aromatic N) is 2. The van der Waals surface area contributed by atoms with Crippen LogP contribution < -0.4 is 5.32 Å². The van der Waals surface area contributed by atoms with Crippen LogP contribution in [0.1, 0.15) is 18.4 Å². The van der Waals surface area contributed by atoms with Gasteiger partial charge in [0.15, 0.2) is 0 Å². The molecular weight excluding hydrogens is 330 g/mol. The summed E-state index contributed by atoms with van der Waals surface area (Å²) >= 11 is 0. The highest BCUT2D eigenvalue weighted by molar-refractivity contribution is 5.92. The minimum Gasteiger partial charge on any atom is -0.480 e. The number of carboxylic acids is 1. The number of likely N-dealkylation sites (N-methyl/N-ethyl adjacent to an activating group) is 1. The van der Waals surface area contributed by atoms with Gasteiger partial charge < -0.3 is 10.4 Å². The van der Waals surface area contributed by atoms with Crippen molar-refractivity contribution in [3.8, 4) is 0 Å². The number of rotatable bonds is 6. The monoisotopic (exact) mass is 355 g/mol. The predicted molar refractivity (Wildman–Crippen MR) is 96.8 cm³/mol. The zero-order valence-corrected chi connectivity index (χ0v) is 15.0. The molecule has 2 rings (SSSR count). The van der Waals surface area contributed by atoms with E-state index in [0.717, 1.165) is 37.2 Å². The van der Waals surface area contributed by atoms with Crippen LogP contribution in [0.4, 0.5) is 5.69 Å². The fourth-order valence-electron chi connectivity index (χ4n) is 2.99. The fraction of sp³-hybridized carbons (Fsp3) is 0.529. The van der Waals surface area contributed by atoms with Gasteiger partial charge in [0, 0.05) is 24.8 Å². The van der Waals surface area contributed by atoms with Gasteiger partial charge in [-0.2, -0.15) is 0 Å². The maximum atomic E-state index is 12.1. The molecule has 0 aliphatic carbocycles. The Morgan fingerprint density at radius 3 is 2.58 bits per heavy atom. The first-order chi connectivity index (χ1) is 10.9. The molecule has 0 saturated carbocycles. The summed E-state index contributed by atoms with van der Waals surface area (Å²) in [7, 11) is 1.85. The first-order valence-corrected chi connectivity index (χ1v) is 7.95. The first-order valence-electron chi connectivity index (χ1n) is 7.95. The summed E-state index contributed by atoms with van der Waals surface area (Å²) in [4.78, 5) is 26.9. The topological polar surface area (TPSA) is 72.9 Å². The third kappa shape index (κ3) is 6.47. The number of amides is 1. The van der Waals surface area contributed by atoms with Gasteiger partial charge in [0.2, 0.25) is 5.91 Å². The standard InChI is InChI=1S/C17H25N3O3.ClH/c1-13-4-3-5-14(10-13)18-16(21)11-20-8-6-15(7-9-20)19(2)12-17(22)23;/h3-5,10,15H,6-9,11-12H2,1-2H3,(H,18,21)(H,22,23);1H. The van der Waals surface area contributed by atoms with Crippen LogP contribution in [0, 0.1) is 6.92 Å². The van der Waals surface area contributed by atoms with Gasteiger partial charge in [-0.15, -0.1) is 12.4 Å². The molecule has 1 aliphatic heterocycles. The molecule has 0 aromatic heterocycles. The maximum absolute atomic E-state index is 12.1. The summed E-state index contributed by atoms with van der Waals surface area (Å²) in [6.45, 7) is 4.07. The Labute approximate surface area is 149 Å². The van der Waals surface area contributed by atoms with Gasteiger partial charge in [-0.3, -0.25) is 19.4 Å². The summed E-state index contributed by atoms with van der Waals surface area (Å²) in [5.74, 6) is -0.805. The molecule has 1 aromatic rings. The first kappa shape index (κ1) is 20.4. The van der Waals surface area contributed by atoms with Crippen molar-refractivity contribution in [2.75, 3.05) is 38.5 Å². The van der Waals surface area contributed by atoms with Crippen molar-refractivity contribution in [2.45, 2.75) is 25.8 Å². The minimum atomic E-state index is -0.799. The number of piperidine rings is 1. The number of carbonyl (C=O) groups is 2. The second kappa shape index (κ2) is 9.61. The average Bonchev–Trinajstić information content (AvgIpc) is 2.47. The van der Waals surface area contributed by atoms with Gasteiger partial charge in [-0.05, 0) is 44.5 Å². The van der Waals surface area contributed by atoms with Crippen LogP contribution in [0.2, 0.25) is 0 Å². The molecule has 7 heteroatoms. The molecule has 1 heterocycles. The van der Waals surface area contributed by atoms with Crippen LogP contribution in [0.15, 0.2) is 24.3 Å². The van der Waals surface area contributed by atoms with Crippen molar-refractivity contribution in [3.05, 3.63) is 29.8 Å². The van der Waals surface area contributed by atoms with Crippen molar-refractivity contribution >= 4 is 30.0 Å². The number of benzene rings is 1. The number of aryl methyl sites for hydroxylation is 1. The molecule has 0 unspecified atom stereocenters. The molecule has 6 nitrogen and oxygen atoms in total. The zero-order chi connectivity index (χ0) is 16.8. The molecule has 0 spiro atoms. The fourth-order valence-corrected chi connectivity index (χ4v) is 2.99.